The van der Waals surface area contributed by atoms with Crippen molar-refractivity contribution >= 4 is 5.69 Å². The van der Waals surface area contributed by atoms with Gasteiger partial charge < -0.3 is 14.8 Å². The summed E-state index contributed by atoms with van der Waals surface area (Å²) < 4.78 is 10.4. The average Bonchev–Trinajstić information content (AvgIpc) is 2.41. The second-order valence-electron chi connectivity index (χ2n) is 5.34. The van der Waals surface area contributed by atoms with Crippen LogP contribution < -0.4 is 10.1 Å². The predicted octanol–water partition coefficient (Wildman–Crippen LogP) is 3.10. The zero-order valence-corrected chi connectivity index (χ0v) is 11.9. The van der Waals surface area contributed by atoms with Crippen LogP contribution in [-0.2, 0) is 4.74 Å². The van der Waals surface area contributed by atoms with Crippen LogP contribution in [0.3, 0.4) is 0 Å². The van der Waals surface area contributed by atoms with E-state index in [1.807, 2.05) is 18.3 Å². The number of hydrogen-bond acceptors (Lipinski definition) is 4. The predicted molar refractivity (Wildman–Crippen MR) is 76.7 cm³/mol. The second kappa shape index (κ2) is 7.34. The molecule has 2 unspecified atom stereocenters. The summed E-state index contributed by atoms with van der Waals surface area (Å²) in [5.74, 6) is 1.48. The van der Waals surface area contributed by atoms with Crippen molar-refractivity contribution in [3.8, 4) is 5.88 Å². The molecule has 0 aromatic carbocycles. The molecule has 1 heterocycles. The third-order valence-electron chi connectivity index (χ3n) is 3.58. The van der Waals surface area contributed by atoms with Crippen molar-refractivity contribution in [2.75, 3.05) is 25.6 Å². The number of aromatic nitrogens is 1. The molecule has 19 heavy (non-hydrogen) atoms. The van der Waals surface area contributed by atoms with Crippen LogP contribution >= 0.6 is 0 Å². The fraction of sp³-hybridized carbons (Fsp3) is 0.667. The molecule has 106 valence electrons. The van der Waals surface area contributed by atoms with Gasteiger partial charge in [0.05, 0.1) is 18.5 Å². The number of pyridine rings is 1. The Bertz CT molecular complexity index is 367. The van der Waals surface area contributed by atoms with Gasteiger partial charge in [0.1, 0.15) is 6.61 Å². The Morgan fingerprint density at radius 1 is 1.32 bits per heavy atom. The van der Waals surface area contributed by atoms with Crippen LogP contribution in [0.4, 0.5) is 5.69 Å². The van der Waals surface area contributed by atoms with E-state index in [0.717, 1.165) is 11.6 Å². The highest BCUT2D eigenvalue weighted by Crippen LogP contribution is 2.26. The van der Waals surface area contributed by atoms with Crippen LogP contribution in [0.15, 0.2) is 18.3 Å². The van der Waals surface area contributed by atoms with E-state index in [1.54, 1.807) is 7.11 Å². The second-order valence-corrected chi connectivity index (χ2v) is 5.34. The Hall–Kier alpha value is -1.29. The van der Waals surface area contributed by atoms with Gasteiger partial charge in [0.2, 0.25) is 5.88 Å². The molecular formula is C15H24N2O2. The molecule has 0 amide bonds. The van der Waals surface area contributed by atoms with Gasteiger partial charge in [0.25, 0.3) is 0 Å². The number of ether oxygens (including phenoxy) is 2. The Kier molecular flexibility index (Phi) is 5.45. The van der Waals surface area contributed by atoms with Gasteiger partial charge in [0, 0.05) is 19.2 Å². The summed E-state index contributed by atoms with van der Waals surface area (Å²) in [6.07, 6.45) is 7.05. The molecule has 1 saturated carbocycles. The lowest BCUT2D eigenvalue weighted by atomic mass is 9.87. The maximum atomic E-state index is 5.44. The smallest absolute Gasteiger partial charge is 0.213 e. The molecule has 2 atom stereocenters. The van der Waals surface area contributed by atoms with E-state index in [1.165, 1.54) is 25.7 Å². The summed E-state index contributed by atoms with van der Waals surface area (Å²) in [4.78, 5) is 4.29. The molecule has 0 radical (unpaired) electrons. The highest BCUT2D eigenvalue weighted by atomic mass is 16.5. The molecule has 1 fully saturated rings. The van der Waals surface area contributed by atoms with Crippen molar-refractivity contribution in [3.05, 3.63) is 18.3 Å². The van der Waals surface area contributed by atoms with Crippen LogP contribution in [0.25, 0.3) is 0 Å². The van der Waals surface area contributed by atoms with Gasteiger partial charge in [-0.25, -0.2) is 4.98 Å². The van der Waals surface area contributed by atoms with Crippen LogP contribution in [0.5, 0.6) is 5.88 Å². The summed E-state index contributed by atoms with van der Waals surface area (Å²) in [6, 6.07) is 4.53. The Morgan fingerprint density at radius 3 is 2.89 bits per heavy atom. The number of anilines is 1. The van der Waals surface area contributed by atoms with Gasteiger partial charge in [-0.2, -0.15) is 0 Å². The van der Waals surface area contributed by atoms with E-state index in [9.17, 15) is 0 Å². The van der Waals surface area contributed by atoms with Gasteiger partial charge in [-0.15, -0.1) is 0 Å². The number of hydrogen-bond donors (Lipinski definition) is 1. The lowest BCUT2D eigenvalue weighted by molar-refractivity contribution is 0.144. The maximum absolute atomic E-state index is 5.44. The molecule has 1 N–H and O–H groups in total. The first-order valence-corrected chi connectivity index (χ1v) is 7.12. The summed E-state index contributed by atoms with van der Waals surface area (Å²) in [6.45, 7) is 3.46. The summed E-state index contributed by atoms with van der Waals surface area (Å²) in [5.41, 5.74) is 1.08. The molecule has 1 aromatic rings. The van der Waals surface area contributed by atoms with Crippen molar-refractivity contribution in [1.82, 2.24) is 4.98 Å². The quantitative estimate of drug-likeness (QED) is 0.802. The van der Waals surface area contributed by atoms with E-state index in [0.29, 0.717) is 25.1 Å². The largest absolute Gasteiger partial charge is 0.475 e. The van der Waals surface area contributed by atoms with Crippen molar-refractivity contribution in [3.63, 3.8) is 0 Å². The maximum Gasteiger partial charge on any atom is 0.213 e. The van der Waals surface area contributed by atoms with Crippen LogP contribution in [-0.4, -0.2) is 31.3 Å². The fourth-order valence-electron chi connectivity index (χ4n) is 2.58. The molecule has 0 bridgehead atoms. The van der Waals surface area contributed by atoms with Gasteiger partial charge in [-0.3, -0.25) is 0 Å². The average molecular weight is 264 g/mol. The molecule has 4 heteroatoms. The van der Waals surface area contributed by atoms with E-state index in [4.69, 9.17) is 9.47 Å². The lowest BCUT2D eigenvalue weighted by Crippen LogP contribution is -2.26. The first-order chi connectivity index (χ1) is 9.28. The SMILES string of the molecule is COCCOc1ccc(NC2CCCC(C)C2)cn1. The van der Waals surface area contributed by atoms with Gasteiger partial charge in [-0.05, 0) is 24.8 Å². The topological polar surface area (TPSA) is 43.4 Å². The Labute approximate surface area is 115 Å². The van der Waals surface area contributed by atoms with Crippen molar-refractivity contribution in [2.24, 2.45) is 5.92 Å². The highest BCUT2D eigenvalue weighted by Gasteiger charge is 2.18. The minimum Gasteiger partial charge on any atom is -0.475 e. The van der Waals surface area contributed by atoms with Crippen LogP contribution in [0, 0.1) is 5.92 Å². The molecule has 0 aliphatic heterocycles. The minimum absolute atomic E-state index is 0.538. The van der Waals surface area contributed by atoms with Gasteiger partial charge in [0.15, 0.2) is 0 Å². The van der Waals surface area contributed by atoms with Gasteiger partial charge in [-0.1, -0.05) is 19.8 Å². The molecule has 0 spiro atoms. The molecule has 1 aromatic heterocycles. The first-order valence-electron chi connectivity index (χ1n) is 7.12. The normalized spacial score (nSPS) is 23.1. The van der Waals surface area contributed by atoms with Crippen LogP contribution in [0.1, 0.15) is 32.6 Å². The molecule has 0 saturated heterocycles. The number of methoxy groups -OCH3 is 1. The molecule has 4 nitrogen and oxygen atoms in total. The van der Waals surface area contributed by atoms with E-state index < -0.39 is 0 Å². The third-order valence-corrected chi connectivity index (χ3v) is 3.58. The van der Waals surface area contributed by atoms with Gasteiger partial charge >= 0.3 is 0 Å². The number of rotatable bonds is 6. The third kappa shape index (κ3) is 4.71. The minimum atomic E-state index is 0.538. The zero-order chi connectivity index (χ0) is 13.5. The molecule has 2 rings (SSSR count). The Balaban J connectivity index is 1.81. The highest BCUT2D eigenvalue weighted by molar-refractivity contribution is 5.43. The van der Waals surface area contributed by atoms with E-state index in [-0.39, 0.29) is 0 Å². The van der Waals surface area contributed by atoms with Crippen molar-refractivity contribution in [1.29, 1.82) is 0 Å². The standard InChI is InChI=1S/C15H24N2O2/c1-12-4-3-5-13(10-12)17-14-6-7-15(16-11-14)19-9-8-18-2/h6-7,11-13,17H,3-5,8-10H2,1-2H3. The molecule has 1 aliphatic carbocycles. The van der Waals surface area contributed by atoms with Crippen molar-refractivity contribution in [2.45, 2.75) is 38.6 Å². The van der Waals surface area contributed by atoms with E-state index >= 15 is 0 Å². The summed E-state index contributed by atoms with van der Waals surface area (Å²) in [7, 11) is 1.66. The van der Waals surface area contributed by atoms with Crippen LogP contribution in [0.2, 0.25) is 0 Å². The van der Waals surface area contributed by atoms with E-state index in [2.05, 4.69) is 17.2 Å². The number of nitrogens with zero attached hydrogens (tertiary/aromatic N) is 1. The summed E-state index contributed by atoms with van der Waals surface area (Å²) >= 11 is 0. The first kappa shape index (κ1) is 14.1. The summed E-state index contributed by atoms with van der Waals surface area (Å²) in [5, 5.41) is 3.56. The molecule has 1 aliphatic rings. The fourth-order valence-corrected chi connectivity index (χ4v) is 2.58. The zero-order valence-electron chi connectivity index (χ0n) is 11.9. The monoisotopic (exact) mass is 264 g/mol. The lowest BCUT2D eigenvalue weighted by Gasteiger charge is -2.28. The molecular weight excluding hydrogens is 240 g/mol. The number of nitrogens with one attached hydrogen (secondary N) is 1. The Morgan fingerprint density at radius 2 is 2.21 bits per heavy atom. The van der Waals surface area contributed by atoms with Crippen molar-refractivity contribution < 1.29 is 9.47 Å².